The molecule has 2 unspecified atom stereocenters. The first-order valence-electron chi connectivity index (χ1n) is 4.52. The van der Waals surface area contributed by atoms with Gasteiger partial charge in [0.2, 0.25) is 0 Å². The van der Waals surface area contributed by atoms with Crippen molar-refractivity contribution < 1.29 is 14.9 Å². The third-order valence-corrected chi connectivity index (χ3v) is 2.51. The monoisotopic (exact) mass is 174 g/mol. The van der Waals surface area contributed by atoms with Gasteiger partial charge in [0.25, 0.3) is 0 Å². The van der Waals surface area contributed by atoms with Gasteiger partial charge in [0.1, 0.15) is 12.7 Å². The van der Waals surface area contributed by atoms with Gasteiger partial charge >= 0.3 is 0 Å². The molecule has 1 fully saturated rings. The summed E-state index contributed by atoms with van der Waals surface area (Å²) >= 11 is 0. The molecule has 1 N–H and O–H groups in total. The SMILES string of the molecule is CCC(O)CC(C)(C)C1COO1. The van der Waals surface area contributed by atoms with Crippen molar-refractivity contribution in [2.75, 3.05) is 6.61 Å². The zero-order chi connectivity index (χ0) is 9.19. The molecule has 72 valence electrons. The highest BCUT2D eigenvalue weighted by Crippen LogP contribution is 2.33. The Kier molecular flexibility index (Phi) is 3.09. The molecule has 1 saturated heterocycles. The van der Waals surface area contributed by atoms with E-state index in [1.807, 2.05) is 6.92 Å². The molecular formula is C9H18O3. The molecule has 0 spiro atoms. The van der Waals surface area contributed by atoms with Gasteiger partial charge in [-0.05, 0) is 18.3 Å². The van der Waals surface area contributed by atoms with Crippen molar-refractivity contribution in [2.24, 2.45) is 5.41 Å². The van der Waals surface area contributed by atoms with E-state index in [9.17, 15) is 5.11 Å². The highest BCUT2D eigenvalue weighted by Gasteiger charge is 2.38. The van der Waals surface area contributed by atoms with Gasteiger partial charge in [0.15, 0.2) is 0 Å². The summed E-state index contributed by atoms with van der Waals surface area (Å²) < 4.78 is 0. The van der Waals surface area contributed by atoms with Gasteiger partial charge in [-0.1, -0.05) is 20.8 Å². The van der Waals surface area contributed by atoms with E-state index >= 15 is 0 Å². The van der Waals surface area contributed by atoms with Crippen LogP contribution in [0.15, 0.2) is 0 Å². The van der Waals surface area contributed by atoms with E-state index in [0.717, 1.165) is 12.8 Å². The molecule has 2 atom stereocenters. The van der Waals surface area contributed by atoms with Crippen molar-refractivity contribution in [1.82, 2.24) is 0 Å². The lowest BCUT2D eigenvalue weighted by Crippen LogP contribution is -2.45. The summed E-state index contributed by atoms with van der Waals surface area (Å²) in [4.78, 5) is 9.58. The Morgan fingerprint density at radius 1 is 1.58 bits per heavy atom. The summed E-state index contributed by atoms with van der Waals surface area (Å²) in [5.41, 5.74) is 0.0215. The largest absolute Gasteiger partial charge is 0.393 e. The van der Waals surface area contributed by atoms with E-state index in [0.29, 0.717) is 6.61 Å². The molecule has 0 aromatic carbocycles. The Balaban J connectivity index is 2.35. The molecule has 1 aliphatic rings. The molecule has 3 heteroatoms. The fourth-order valence-electron chi connectivity index (χ4n) is 1.37. The van der Waals surface area contributed by atoms with Gasteiger partial charge < -0.3 is 5.11 Å². The maximum absolute atomic E-state index is 9.47. The first-order chi connectivity index (χ1) is 5.56. The zero-order valence-electron chi connectivity index (χ0n) is 8.04. The van der Waals surface area contributed by atoms with Crippen molar-refractivity contribution >= 4 is 0 Å². The number of aliphatic hydroxyl groups is 1. The average molecular weight is 174 g/mol. The van der Waals surface area contributed by atoms with E-state index in [2.05, 4.69) is 18.7 Å². The lowest BCUT2D eigenvalue weighted by atomic mass is 9.80. The fourth-order valence-corrected chi connectivity index (χ4v) is 1.37. The van der Waals surface area contributed by atoms with Crippen LogP contribution in [0.5, 0.6) is 0 Å². The second kappa shape index (κ2) is 3.73. The van der Waals surface area contributed by atoms with Crippen LogP contribution in [-0.4, -0.2) is 23.9 Å². The molecule has 3 nitrogen and oxygen atoms in total. The van der Waals surface area contributed by atoms with Crippen molar-refractivity contribution in [3.63, 3.8) is 0 Å². The smallest absolute Gasteiger partial charge is 0.125 e. The Hall–Kier alpha value is -0.120. The van der Waals surface area contributed by atoms with Crippen molar-refractivity contribution in [3.8, 4) is 0 Å². The van der Waals surface area contributed by atoms with E-state index in [1.165, 1.54) is 0 Å². The Bertz CT molecular complexity index is 141. The van der Waals surface area contributed by atoms with Crippen LogP contribution in [0.25, 0.3) is 0 Å². The van der Waals surface area contributed by atoms with Crippen LogP contribution in [0.1, 0.15) is 33.6 Å². The van der Waals surface area contributed by atoms with Crippen LogP contribution in [0.4, 0.5) is 0 Å². The molecule has 0 aliphatic carbocycles. The first-order valence-corrected chi connectivity index (χ1v) is 4.52. The van der Waals surface area contributed by atoms with Crippen LogP contribution in [0, 0.1) is 5.41 Å². The number of hydrogen-bond donors (Lipinski definition) is 1. The molecular weight excluding hydrogens is 156 g/mol. The highest BCUT2D eigenvalue weighted by atomic mass is 17.2. The summed E-state index contributed by atoms with van der Waals surface area (Å²) in [5, 5.41) is 9.47. The Labute approximate surface area is 73.6 Å². The summed E-state index contributed by atoms with van der Waals surface area (Å²) in [6, 6.07) is 0. The van der Waals surface area contributed by atoms with Crippen LogP contribution in [-0.2, 0) is 9.78 Å². The lowest BCUT2D eigenvalue weighted by molar-refractivity contribution is -0.445. The van der Waals surface area contributed by atoms with Crippen LogP contribution in [0.2, 0.25) is 0 Å². The van der Waals surface area contributed by atoms with Crippen molar-refractivity contribution in [2.45, 2.75) is 45.8 Å². The summed E-state index contributed by atoms with van der Waals surface area (Å²) in [5.74, 6) is 0. The molecule has 0 amide bonds. The number of hydrogen-bond acceptors (Lipinski definition) is 3. The van der Waals surface area contributed by atoms with E-state index in [4.69, 9.17) is 4.89 Å². The molecule has 0 bridgehead atoms. The fraction of sp³-hybridized carbons (Fsp3) is 1.00. The predicted molar refractivity (Wildman–Crippen MR) is 45.5 cm³/mol. The van der Waals surface area contributed by atoms with E-state index in [-0.39, 0.29) is 17.6 Å². The minimum absolute atomic E-state index is 0.0215. The Morgan fingerprint density at radius 2 is 2.17 bits per heavy atom. The first kappa shape index (κ1) is 9.96. The molecule has 0 radical (unpaired) electrons. The van der Waals surface area contributed by atoms with Gasteiger partial charge in [0.05, 0.1) is 6.10 Å². The number of rotatable bonds is 4. The second-order valence-corrected chi connectivity index (χ2v) is 4.12. The maximum Gasteiger partial charge on any atom is 0.125 e. The van der Waals surface area contributed by atoms with Gasteiger partial charge in [0, 0.05) is 0 Å². The van der Waals surface area contributed by atoms with Gasteiger partial charge in [-0.2, -0.15) is 0 Å². The average Bonchev–Trinajstić information content (AvgIpc) is 1.80. The molecule has 12 heavy (non-hydrogen) atoms. The van der Waals surface area contributed by atoms with Crippen molar-refractivity contribution in [3.05, 3.63) is 0 Å². The summed E-state index contributed by atoms with van der Waals surface area (Å²) in [6.45, 7) is 6.83. The van der Waals surface area contributed by atoms with Crippen molar-refractivity contribution in [1.29, 1.82) is 0 Å². The molecule has 0 saturated carbocycles. The predicted octanol–water partition coefficient (Wildman–Crippen LogP) is 1.50. The van der Waals surface area contributed by atoms with Gasteiger partial charge in [-0.15, -0.1) is 0 Å². The topological polar surface area (TPSA) is 38.7 Å². The normalized spacial score (nSPS) is 26.5. The maximum atomic E-state index is 9.47. The summed E-state index contributed by atoms with van der Waals surface area (Å²) in [7, 11) is 0. The minimum Gasteiger partial charge on any atom is -0.393 e. The van der Waals surface area contributed by atoms with E-state index < -0.39 is 0 Å². The number of aliphatic hydroxyl groups excluding tert-OH is 1. The summed E-state index contributed by atoms with van der Waals surface area (Å²) in [6.07, 6.45) is 1.51. The van der Waals surface area contributed by atoms with Gasteiger partial charge in [-0.25, -0.2) is 9.78 Å². The molecule has 0 aromatic heterocycles. The lowest BCUT2D eigenvalue weighted by Gasteiger charge is -2.39. The second-order valence-electron chi connectivity index (χ2n) is 4.12. The molecule has 1 aliphatic heterocycles. The standard InChI is InChI=1S/C9H18O3/c1-4-7(10)5-9(2,3)8-6-11-12-8/h7-8,10H,4-6H2,1-3H3. The van der Waals surface area contributed by atoms with E-state index in [1.54, 1.807) is 0 Å². The van der Waals surface area contributed by atoms with Crippen LogP contribution in [0.3, 0.4) is 0 Å². The Morgan fingerprint density at radius 3 is 2.50 bits per heavy atom. The van der Waals surface area contributed by atoms with Crippen LogP contribution < -0.4 is 0 Å². The molecule has 1 rings (SSSR count). The quantitative estimate of drug-likeness (QED) is 0.656. The van der Waals surface area contributed by atoms with Gasteiger partial charge in [-0.3, -0.25) is 0 Å². The van der Waals surface area contributed by atoms with Crippen LogP contribution >= 0.6 is 0 Å². The highest BCUT2D eigenvalue weighted by molar-refractivity contribution is 4.82. The molecule has 0 aromatic rings. The third kappa shape index (κ3) is 2.19. The third-order valence-electron chi connectivity index (χ3n) is 2.51. The molecule has 1 heterocycles. The minimum atomic E-state index is -0.218. The zero-order valence-corrected chi connectivity index (χ0v) is 8.04.